The molecule has 0 aromatic heterocycles. The van der Waals surface area contributed by atoms with E-state index in [-0.39, 0.29) is 17.9 Å². The van der Waals surface area contributed by atoms with Crippen LogP contribution in [-0.4, -0.2) is 41.3 Å². The van der Waals surface area contributed by atoms with E-state index in [1.165, 1.54) is 0 Å². The number of carbonyl (C=O) groups excluding carboxylic acids is 1. The van der Waals surface area contributed by atoms with Crippen molar-refractivity contribution in [1.29, 1.82) is 0 Å². The minimum Gasteiger partial charge on any atom is -0.508 e. The number of nitrogens with one attached hydrogen (secondary N) is 1. The molecule has 5 nitrogen and oxygen atoms in total. The molecule has 5 heteroatoms. The largest absolute Gasteiger partial charge is 0.508 e. The summed E-state index contributed by atoms with van der Waals surface area (Å²) in [6.07, 6.45) is -0.290. The summed E-state index contributed by atoms with van der Waals surface area (Å²) in [6, 6.07) is 7.27. The van der Waals surface area contributed by atoms with Gasteiger partial charge in [-0.25, -0.2) is 4.79 Å². The minimum atomic E-state index is -0.479. The number of amides is 1. The number of carbonyl (C=O) groups is 1. The Hall–Kier alpha value is -1.75. The molecule has 1 atom stereocenters. The Balaban J connectivity index is 2.45. The fourth-order valence-electron chi connectivity index (χ4n) is 2.03. The van der Waals surface area contributed by atoms with Crippen LogP contribution in [0.3, 0.4) is 0 Å². The summed E-state index contributed by atoms with van der Waals surface area (Å²) in [4.78, 5) is 13.7. The molecule has 2 N–H and O–H groups in total. The molecular weight excluding hydrogens is 280 g/mol. The highest BCUT2D eigenvalue weighted by atomic mass is 16.6. The van der Waals surface area contributed by atoms with Crippen LogP contribution in [0.5, 0.6) is 5.75 Å². The van der Waals surface area contributed by atoms with Gasteiger partial charge in [-0.3, -0.25) is 0 Å². The average molecular weight is 308 g/mol. The van der Waals surface area contributed by atoms with Crippen molar-refractivity contribution in [2.75, 3.05) is 19.6 Å². The first kappa shape index (κ1) is 18.3. The van der Waals surface area contributed by atoms with Crippen LogP contribution < -0.4 is 5.32 Å². The zero-order chi connectivity index (χ0) is 16.8. The van der Waals surface area contributed by atoms with Gasteiger partial charge in [0.05, 0.1) is 0 Å². The Morgan fingerprint density at radius 3 is 2.64 bits per heavy atom. The van der Waals surface area contributed by atoms with Gasteiger partial charge in [-0.1, -0.05) is 12.1 Å². The molecule has 1 aromatic rings. The standard InChI is InChI=1S/C17H28N2O3/c1-6-19(16(21)22-17(3,4)5)11-10-18-13(2)14-8-7-9-15(20)12-14/h7-9,12-13,18,20H,6,10-11H2,1-5H3. The molecule has 0 aliphatic carbocycles. The van der Waals surface area contributed by atoms with Crippen LogP contribution in [0.25, 0.3) is 0 Å². The van der Waals surface area contributed by atoms with Gasteiger partial charge in [0, 0.05) is 25.7 Å². The van der Waals surface area contributed by atoms with E-state index >= 15 is 0 Å². The molecule has 124 valence electrons. The lowest BCUT2D eigenvalue weighted by Crippen LogP contribution is -2.40. The quantitative estimate of drug-likeness (QED) is 0.846. The topological polar surface area (TPSA) is 61.8 Å². The number of ether oxygens (including phenoxy) is 1. The molecule has 0 fully saturated rings. The fourth-order valence-corrected chi connectivity index (χ4v) is 2.03. The smallest absolute Gasteiger partial charge is 0.410 e. The highest BCUT2D eigenvalue weighted by molar-refractivity contribution is 5.68. The molecule has 0 bridgehead atoms. The van der Waals surface area contributed by atoms with Crippen LogP contribution in [0.2, 0.25) is 0 Å². The van der Waals surface area contributed by atoms with Gasteiger partial charge in [-0.05, 0) is 52.3 Å². The SMILES string of the molecule is CCN(CCNC(C)c1cccc(O)c1)C(=O)OC(C)(C)C. The zero-order valence-corrected chi connectivity index (χ0v) is 14.2. The van der Waals surface area contributed by atoms with Gasteiger partial charge in [0.25, 0.3) is 0 Å². The van der Waals surface area contributed by atoms with Crippen molar-refractivity contribution in [1.82, 2.24) is 10.2 Å². The normalized spacial score (nSPS) is 12.8. The Labute approximate surface area is 133 Å². The monoisotopic (exact) mass is 308 g/mol. The summed E-state index contributed by atoms with van der Waals surface area (Å²) < 4.78 is 5.37. The van der Waals surface area contributed by atoms with Crippen LogP contribution in [-0.2, 0) is 4.74 Å². The lowest BCUT2D eigenvalue weighted by atomic mass is 10.1. The van der Waals surface area contributed by atoms with E-state index in [2.05, 4.69) is 5.32 Å². The van der Waals surface area contributed by atoms with E-state index in [1.54, 1.807) is 17.0 Å². The molecule has 0 spiro atoms. The van der Waals surface area contributed by atoms with Gasteiger partial charge >= 0.3 is 6.09 Å². The van der Waals surface area contributed by atoms with Crippen molar-refractivity contribution >= 4 is 6.09 Å². The molecule has 0 aliphatic rings. The lowest BCUT2D eigenvalue weighted by Gasteiger charge is -2.27. The van der Waals surface area contributed by atoms with Crippen LogP contribution in [0.4, 0.5) is 4.79 Å². The van der Waals surface area contributed by atoms with E-state index in [1.807, 2.05) is 46.8 Å². The third-order valence-electron chi connectivity index (χ3n) is 3.24. The number of hydrogen-bond acceptors (Lipinski definition) is 4. The van der Waals surface area contributed by atoms with Gasteiger partial charge in [0.1, 0.15) is 11.4 Å². The number of nitrogens with zero attached hydrogens (tertiary/aromatic N) is 1. The van der Waals surface area contributed by atoms with E-state index in [9.17, 15) is 9.90 Å². The Kier molecular flexibility index (Phi) is 6.68. The van der Waals surface area contributed by atoms with Gasteiger partial charge in [-0.15, -0.1) is 0 Å². The zero-order valence-electron chi connectivity index (χ0n) is 14.2. The maximum atomic E-state index is 12.0. The van der Waals surface area contributed by atoms with Gasteiger partial charge in [-0.2, -0.15) is 0 Å². The number of likely N-dealkylation sites (N-methyl/N-ethyl adjacent to an activating group) is 1. The summed E-state index contributed by atoms with van der Waals surface area (Å²) in [5.41, 5.74) is 0.535. The van der Waals surface area contributed by atoms with Crippen molar-refractivity contribution < 1.29 is 14.6 Å². The molecular formula is C17H28N2O3. The van der Waals surface area contributed by atoms with Crippen LogP contribution >= 0.6 is 0 Å². The van der Waals surface area contributed by atoms with E-state index < -0.39 is 5.60 Å². The fraction of sp³-hybridized carbons (Fsp3) is 0.588. The first-order chi connectivity index (χ1) is 10.2. The number of phenolic OH excluding ortho intramolecular Hbond substituents is 1. The second-order valence-corrected chi connectivity index (χ2v) is 6.33. The van der Waals surface area contributed by atoms with E-state index in [0.29, 0.717) is 19.6 Å². The van der Waals surface area contributed by atoms with E-state index in [4.69, 9.17) is 4.74 Å². The average Bonchev–Trinajstić information content (AvgIpc) is 2.41. The lowest BCUT2D eigenvalue weighted by molar-refractivity contribution is 0.0261. The summed E-state index contributed by atoms with van der Waals surface area (Å²) in [5.74, 6) is 0.259. The second-order valence-electron chi connectivity index (χ2n) is 6.33. The maximum Gasteiger partial charge on any atom is 0.410 e. The Morgan fingerprint density at radius 2 is 2.09 bits per heavy atom. The van der Waals surface area contributed by atoms with Crippen molar-refractivity contribution in [2.24, 2.45) is 0 Å². The molecule has 0 saturated heterocycles. The molecule has 1 rings (SSSR count). The molecule has 1 unspecified atom stereocenters. The second kappa shape index (κ2) is 8.03. The number of aromatic hydroxyl groups is 1. The molecule has 0 saturated carbocycles. The third kappa shape index (κ3) is 6.35. The predicted octanol–water partition coefficient (Wildman–Crippen LogP) is 3.30. The Morgan fingerprint density at radius 1 is 1.41 bits per heavy atom. The predicted molar refractivity (Wildman–Crippen MR) is 88.0 cm³/mol. The first-order valence-electron chi connectivity index (χ1n) is 7.73. The summed E-state index contributed by atoms with van der Waals surface area (Å²) in [6.45, 7) is 11.4. The number of hydrogen-bond donors (Lipinski definition) is 2. The molecule has 0 heterocycles. The summed E-state index contributed by atoms with van der Waals surface area (Å²) in [5, 5.41) is 12.8. The third-order valence-corrected chi connectivity index (χ3v) is 3.24. The van der Waals surface area contributed by atoms with Crippen LogP contribution in [0.15, 0.2) is 24.3 Å². The van der Waals surface area contributed by atoms with E-state index in [0.717, 1.165) is 5.56 Å². The highest BCUT2D eigenvalue weighted by Gasteiger charge is 2.20. The van der Waals surface area contributed by atoms with Crippen molar-refractivity contribution in [3.05, 3.63) is 29.8 Å². The molecule has 22 heavy (non-hydrogen) atoms. The minimum absolute atomic E-state index is 0.101. The van der Waals surface area contributed by atoms with Crippen LogP contribution in [0.1, 0.15) is 46.2 Å². The van der Waals surface area contributed by atoms with Gasteiger partial charge in [0.2, 0.25) is 0 Å². The molecule has 0 aliphatic heterocycles. The molecule has 0 radical (unpaired) electrons. The van der Waals surface area contributed by atoms with Crippen molar-refractivity contribution in [3.8, 4) is 5.75 Å². The number of phenols is 1. The summed E-state index contributed by atoms with van der Waals surface area (Å²) in [7, 11) is 0. The summed E-state index contributed by atoms with van der Waals surface area (Å²) >= 11 is 0. The molecule has 1 aromatic carbocycles. The maximum absolute atomic E-state index is 12.0. The Bertz CT molecular complexity index is 483. The number of rotatable bonds is 6. The van der Waals surface area contributed by atoms with Crippen molar-refractivity contribution in [3.63, 3.8) is 0 Å². The van der Waals surface area contributed by atoms with Gasteiger partial charge < -0.3 is 20.1 Å². The van der Waals surface area contributed by atoms with Crippen molar-refractivity contribution in [2.45, 2.75) is 46.3 Å². The first-order valence-corrected chi connectivity index (χ1v) is 7.73. The molecule has 1 amide bonds. The number of benzene rings is 1. The van der Waals surface area contributed by atoms with Crippen LogP contribution in [0, 0.1) is 0 Å². The highest BCUT2D eigenvalue weighted by Crippen LogP contribution is 2.17. The van der Waals surface area contributed by atoms with Gasteiger partial charge in [0.15, 0.2) is 0 Å².